The number of nitrogens with one attached hydrogen (secondary N) is 2. The van der Waals surface area contributed by atoms with Gasteiger partial charge in [0.15, 0.2) is 11.5 Å². The Hall–Kier alpha value is -2.62. The van der Waals surface area contributed by atoms with Gasteiger partial charge in [-0.2, -0.15) is 5.10 Å². The normalized spacial score (nSPS) is 10.5. The van der Waals surface area contributed by atoms with Crippen molar-refractivity contribution in [3.05, 3.63) is 51.6 Å². The lowest BCUT2D eigenvalue weighted by molar-refractivity contribution is -0.124. The number of carbonyl (C=O) groups excluding carboxylic acids is 2. The van der Waals surface area contributed by atoms with Crippen molar-refractivity contribution < 1.29 is 19.4 Å². The van der Waals surface area contributed by atoms with E-state index in [9.17, 15) is 14.7 Å². The quantitative estimate of drug-likeness (QED) is 0.331. The Kier molecular flexibility index (Phi) is 7.39. The molecule has 2 aromatic rings. The minimum atomic E-state index is -0.401. The van der Waals surface area contributed by atoms with Crippen LogP contribution in [-0.4, -0.2) is 30.2 Å². The number of para-hydroxylation sites is 2. The molecule has 2 aromatic carbocycles. The summed E-state index contributed by atoms with van der Waals surface area (Å²) in [6.45, 7) is 0. The van der Waals surface area contributed by atoms with E-state index in [1.807, 2.05) is 18.2 Å². The smallest absolute Gasteiger partial charge is 0.240 e. The van der Waals surface area contributed by atoms with Gasteiger partial charge >= 0.3 is 0 Å². The summed E-state index contributed by atoms with van der Waals surface area (Å²) in [6.07, 6.45) is 1.34. The number of hydrogen-bond acceptors (Lipinski definition) is 5. The number of phenols is 1. The molecular formula is C18H18IN3O4. The summed E-state index contributed by atoms with van der Waals surface area (Å²) in [7, 11) is 1.44. The van der Waals surface area contributed by atoms with Gasteiger partial charge in [-0.25, -0.2) is 5.43 Å². The molecule has 0 heterocycles. The fourth-order valence-corrected chi connectivity index (χ4v) is 2.56. The molecule has 8 heteroatoms. The fraction of sp³-hybridized carbons (Fsp3) is 0.167. The van der Waals surface area contributed by atoms with E-state index in [4.69, 9.17) is 4.74 Å². The first-order chi connectivity index (χ1) is 12.5. The average Bonchev–Trinajstić information content (AvgIpc) is 2.63. The molecule has 0 aliphatic heterocycles. The van der Waals surface area contributed by atoms with Crippen LogP contribution in [0.25, 0.3) is 0 Å². The molecule has 26 heavy (non-hydrogen) atoms. The van der Waals surface area contributed by atoms with E-state index < -0.39 is 5.91 Å². The van der Waals surface area contributed by atoms with E-state index in [1.54, 1.807) is 24.3 Å². The van der Waals surface area contributed by atoms with Crippen molar-refractivity contribution >= 4 is 46.3 Å². The predicted octanol–water partition coefficient (Wildman–Crippen LogP) is 2.87. The zero-order chi connectivity index (χ0) is 18.9. The van der Waals surface area contributed by atoms with Crippen molar-refractivity contribution in [1.82, 2.24) is 5.43 Å². The lowest BCUT2D eigenvalue weighted by Crippen LogP contribution is -2.20. The Labute approximate surface area is 164 Å². The summed E-state index contributed by atoms with van der Waals surface area (Å²) in [5.41, 5.74) is 3.44. The topological polar surface area (TPSA) is 100 Å². The first kappa shape index (κ1) is 19.7. The van der Waals surface area contributed by atoms with E-state index in [0.717, 1.165) is 3.57 Å². The first-order valence-electron chi connectivity index (χ1n) is 7.73. The summed E-state index contributed by atoms with van der Waals surface area (Å²) < 4.78 is 5.91. The standard InChI is InChI=1S/C18H18IN3O4/c1-26-15-8-4-5-12(18(15)25)11-20-22-17(24)10-9-16(23)21-14-7-3-2-6-13(14)19/h2-8,11,25H,9-10H2,1H3,(H,21,23)(H,22,24)/b20-11-. The molecule has 0 aromatic heterocycles. The van der Waals surface area contributed by atoms with Gasteiger partial charge in [-0.05, 0) is 46.9 Å². The maximum atomic E-state index is 11.9. The third-order valence-corrected chi connectivity index (χ3v) is 4.31. The van der Waals surface area contributed by atoms with E-state index in [0.29, 0.717) is 17.0 Å². The summed E-state index contributed by atoms with van der Waals surface area (Å²) in [6, 6.07) is 12.3. The number of hydrazone groups is 1. The number of carbonyl (C=O) groups is 2. The van der Waals surface area contributed by atoms with Gasteiger partial charge in [-0.3, -0.25) is 9.59 Å². The first-order valence-corrected chi connectivity index (χ1v) is 8.81. The molecule has 2 rings (SSSR count). The summed E-state index contributed by atoms with van der Waals surface area (Å²) in [5.74, 6) is -0.405. The monoisotopic (exact) mass is 467 g/mol. The summed E-state index contributed by atoms with van der Waals surface area (Å²) in [5, 5.41) is 16.4. The van der Waals surface area contributed by atoms with Crippen LogP contribution in [0.1, 0.15) is 18.4 Å². The molecule has 136 valence electrons. The average molecular weight is 467 g/mol. The minimum Gasteiger partial charge on any atom is -0.504 e. The zero-order valence-electron chi connectivity index (χ0n) is 14.0. The Morgan fingerprint density at radius 1 is 1.15 bits per heavy atom. The van der Waals surface area contributed by atoms with E-state index >= 15 is 0 Å². The Morgan fingerprint density at radius 3 is 2.62 bits per heavy atom. The van der Waals surface area contributed by atoms with Gasteiger partial charge in [0.05, 0.1) is 19.0 Å². The molecule has 0 saturated carbocycles. The van der Waals surface area contributed by atoms with Crippen molar-refractivity contribution in [3.8, 4) is 11.5 Å². The number of hydrogen-bond donors (Lipinski definition) is 3. The van der Waals surface area contributed by atoms with E-state index in [2.05, 4.69) is 38.4 Å². The second kappa shape index (κ2) is 9.76. The Balaban J connectivity index is 1.80. The molecule has 0 aliphatic rings. The number of halogens is 1. The van der Waals surface area contributed by atoms with Crippen LogP contribution in [0.15, 0.2) is 47.6 Å². The summed E-state index contributed by atoms with van der Waals surface area (Å²) in [4.78, 5) is 23.7. The minimum absolute atomic E-state index is 0.00329. The van der Waals surface area contributed by atoms with E-state index in [1.165, 1.54) is 13.3 Å². The maximum Gasteiger partial charge on any atom is 0.240 e. The SMILES string of the molecule is COc1cccc(/C=N\NC(=O)CCC(=O)Nc2ccccc2I)c1O. The second-order valence-corrected chi connectivity index (χ2v) is 6.38. The number of methoxy groups -OCH3 is 1. The van der Waals surface area contributed by atoms with Crippen LogP contribution in [-0.2, 0) is 9.59 Å². The molecule has 3 N–H and O–H groups in total. The molecule has 0 fully saturated rings. The number of phenolic OH excluding ortho intramolecular Hbond substituents is 1. The highest BCUT2D eigenvalue weighted by molar-refractivity contribution is 14.1. The van der Waals surface area contributed by atoms with Crippen LogP contribution in [0.2, 0.25) is 0 Å². The van der Waals surface area contributed by atoms with Crippen molar-refractivity contribution in [2.75, 3.05) is 12.4 Å². The Bertz CT molecular complexity index is 824. The number of benzene rings is 2. The van der Waals surface area contributed by atoms with Crippen molar-refractivity contribution in [1.29, 1.82) is 0 Å². The number of rotatable bonds is 7. The zero-order valence-corrected chi connectivity index (χ0v) is 16.2. The predicted molar refractivity (Wildman–Crippen MR) is 107 cm³/mol. The molecule has 0 saturated heterocycles. The van der Waals surface area contributed by atoms with Gasteiger partial charge in [0.1, 0.15) is 0 Å². The number of ether oxygens (including phenoxy) is 1. The highest BCUT2D eigenvalue weighted by atomic mass is 127. The molecule has 0 bridgehead atoms. The number of amides is 2. The molecule has 0 aliphatic carbocycles. The maximum absolute atomic E-state index is 11.9. The van der Waals surface area contributed by atoms with Gasteiger partial charge < -0.3 is 15.2 Å². The van der Waals surface area contributed by atoms with Gasteiger partial charge in [-0.15, -0.1) is 0 Å². The molecule has 0 atom stereocenters. The van der Waals surface area contributed by atoms with Gasteiger partial charge in [0.25, 0.3) is 0 Å². The second-order valence-electron chi connectivity index (χ2n) is 5.22. The molecule has 0 radical (unpaired) electrons. The lowest BCUT2D eigenvalue weighted by Gasteiger charge is -2.07. The van der Waals surface area contributed by atoms with Crippen LogP contribution in [0.3, 0.4) is 0 Å². The molecule has 2 amide bonds. The third-order valence-electron chi connectivity index (χ3n) is 3.37. The van der Waals surface area contributed by atoms with Crippen LogP contribution >= 0.6 is 22.6 Å². The number of nitrogens with zero attached hydrogens (tertiary/aromatic N) is 1. The van der Waals surface area contributed by atoms with Gasteiger partial charge in [-0.1, -0.05) is 18.2 Å². The van der Waals surface area contributed by atoms with Gasteiger partial charge in [0, 0.05) is 22.0 Å². The molecular weight excluding hydrogens is 449 g/mol. The largest absolute Gasteiger partial charge is 0.504 e. The number of anilines is 1. The molecule has 7 nitrogen and oxygen atoms in total. The van der Waals surface area contributed by atoms with Crippen molar-refractivity contribution in [2.24, 2.45) is 5.10 Å². The fourth-order valence-electron chi connectivity index (χ4n) is 2.04. The molecule has 0 spiro atoms. The van der Waals surface area contributed by atoms with Crippen LogP contribution in [0.5, 0.6) is 11.5 Å². The molecule has 0 unspecified atom stereocenters. The van der Waals surface area contributed by atoms with Crippen molar-refractivity contribution in [2.45, 2.75) is 12.8 Å². The van der Waals surface area contributed by atoms with Crippen molar-refractivity contribution in [3.63, 3.8) is 0 Å². The Morgan fingerprint density at radius 2 is 1.88 bits per heavy atom. The highest BCUT2D eigenvalue weighted by Crippen LogP contribution is 2.27. The third kappa shape index (κ3) is 5.73. The summed E-state index contributed by atoms with van der Waals surface area (Å²) >= 11 is 2.12. The highest BCUT2D eigenvalue weighted by Gasteiger charge is 2.09. The van der Waals surface area contributed by atoms with Crippen LogP contribution in [0.4, 0.5) is 5.69 Å². The van der Waals surface area contributed by atoms with E-state index in [-0.39, 0.29) is 24.5 Å². The number of aromatic hydroxyl groups is 1. The van der Waals surface area contributed by atoms with Crippen LogP contribution < -0.4 is 15.5 Å². The van der Waals surface area contributed by atoms with Gasteiger partial charge in [0.2, 0.25) is 11.8 Å². The lowest BCUT2D eigenvalue weighted by atomic mass is 10.2. The van der Waals surface area contributed by atoms with Crippen LogP contribution in [0, 0.1) is 3.57 Å².